The molecule has 2 rings (SSSR count). The molecular formula is C16H20F6N2O. The van der Waals surface area contributed by atoms with Gasteiger partial charge >= 0.3 is 12.4 Å². The van der Waals surface area contributed by atoms with Crippen molar-refractivity contribution in [1.82, 2.24) is 4.90 Å². The largest absolute Gasteiger partial charge is 0.416 e. The van der Waals surface area contributed by atoms with Crippen molar-refractivity contribution in [1.29, 1.82) is 0 Å². The van der Waals surface area contributed by atoms with E-state index in [1.165, 1.54) is 0 Å². The Hall–Kier alpha value is -1.32. The van der Waals surface area contributed by atoms with Crippen LogP contribution in [-0.2, 0) is 23.6 Å². The fourth-order valence-corrected chi connectivity index (χ4v) is 3.08. The Balaban J connectivity index is 2.29. The molecule has 0 aromatic heterocycles. The third-order valence-electron chi connectivity index (χ3n) is 4.43. The molecule has 9 heteroatoms. The second-order valence-electron chi connectivity index (χ2n) is 6.16. The monoisotopic (exact) mass is 370 g/mol. The van der Waals surface area contributed by atoms with Gasteiger partial charge in [-0.2, -0.15) is 26.3 Å². The first kappa shape index (κ1) is 20.0. The second kappa shape index (κ2) is 7.51. The summed E-state index contributed by atoms with van der Waals surface area (Å²) in [5, 5.41) is 0. The molecule has 25 heavy (non-hydrogen) atoms. The van der Waals surface area contributed by atoms with E-state index in [-0.39, 0.29) is 36.9 Å². The Morgan fingerprint density at radius 3 is 2.08 bits per heavy atom. The van der Waals surface area contributed by atoms with Gasteiger partial charge in [0, 0.05) is 32.8 Å². The zero-order chi connectivity index (χ0) is 18.8. The second-order valence-corrected chi connectivity index (χ2v) is 6.16. The van der Waals surface area contributed by atoms with Gasteiger partial charge in [0.25, 0.3) is 0 Å². The molecule has 0 saturated carbocycles. The van der Waals surface area contributed by atoms with E-state index >= 15 is 0 Å². The van der Waals surface area contributed by atoms with Crippen LogP contribution in [0.5, 0.6) is 0 Å². The molecule has 1 fully saturated rings. The number of benzene rings is 1. The van der Waals surface area contributed by atoms with Crippen LogP contribution in [0.15, 0.2) is 18.2 Å². The summed E-state index contributed by atoms with van der Waals surface area (Å²) in [6.07, 6.45) is -8.44. The molecule has 0 amide bonds. The van der Waals surface area contributed by atoms with Crippen LogP contribution >= 0.6 is 0 Å². The molecule has 1 aromatic rings. The van der Waals surface area contributed by atoms with E-state index in [1.54, 1.807) is 7.11 Å². The highest BCUT2D eigenvalue weighted by Gasteiger charge is 2.37. The lowest BCUT2D eigenvalue weighted by molar-refractivity contribution is -0.143. The summed E-state index contributed by atoms with van der Waals surface area (Å²) < 4.78 is 82.9. The molecule has 2 unspecified atom stereocenters. The Bertz CT molecular complexity index is 555. The van der Waals surface area contributed by atoms with Gasteiger partial charge in [-0.15, -0.1) is 0 Å². The maximum Gasteiger partial charge on any atom is 0.416 e. The maximum atomic E-state index is 12.9. The molecule has 0 spiro atoms. The van der Waals surface area contributed by atoms with Crippen LogP contribution in [0.3, 0.4) is 0 Å². The number of alkyl halides is 6. The molecule has 3 nitrogen and oxygen atoms in total. The predicted octanol–water partition coefficient (Wildman–Crippen LogP) is 3.66. The number of ether oxygens (including phenoxy) is 1. The predicted molar refractivity (Wildman–Crippen MR) is 79.7 cm³/mol. The number of methoxy groups -OCH3 is 1. The fraction of sp³-hybridized carbons (Fsp3) is 0.625. The SMILES string of the molecule is COC1CCN(Cc2cc(C(F)(F)F)cc(C(F)(F)F)c2)C(CN)C1. The van der Waals surface area contributed by atoms with Gasteiger partial charge in [0.05, 0.1) is 17.2 Å². The number of piperidine rings is 1. The van der Waals surface area contributed by atoms with Crippen molar-refractivity contribution in [3.05, 3.63) is 34.9 Å². The number of hydrogen-bond donors (Lipinski definition) is 1. The van der Waals surface area contributed by atoms with Gasteiger partial charge < -0.3 is 10.5 Å². The first-order chi connectivity index (χ1) is 11.5. The van der Waals surface area contributed by atoms with Gasteiger partial charge in [0.2, 0.25) is 0 Å². The quantitative estimate of drug-likeness (QED) is 0.822. The molecular weight excluding hydrogens is 350 g/mol. The van der Waals surface area contributed by atoms with Gasteiger partial charge in [-0.25, -0.2) is 0 Å². The van der Waals surface area contributed by atoms with Crippen LogP contribution in [0.2, 0.25) is 0 Å². The van der Waals surface area contributed by atoms with Crippen molar-refractivity contribution >= 4 is 0 Å². The Labute approximate surface area is 141 Å². The molecule has 0 radical (unpaired) electrons. The van der Waals surface area contributed by atoms with E-state index in [0.29, 0.717) is 19.4 Å². The van der Waals surface area contributed by atoms with Crippen molar-refractivity contribution in [3.63, 3.8) is 0 Å². The van der Waals surface area contributed by atoms with Crippen molar-refractivity contribution < 1.29 is 31.1 Å². The summed E-state index contributed by atoms with van der Waals surface area (Å²) in [7, 11) is 1.57. The fourth-order valence-electron chi connectivity index (χ4n) is 3.08. The number of likely N-dealkylation sites (tertiary alicyclic amines) is 1. The topological polar surface area (TPSA) is 38.5 Å². The van der Waals surface area contributed by atoms with E-state index in [1.807, 2.05) is 4.90 Å². The van der Waals surface area contributed by atoms with Crippen LogP contribution < -0.4 is 5.73 Å². The first-order valence-electron chi connectivity index (χ1n) is 7.80. The van der Waals surface area contributed by atoms with Crippen LogP contribution in [0.1, 0.15) is 29.5 Å². The first-order valence-corrected chi connectivity index (χ1v) is 7.80. The lowest BCUT2D eigenvalue weighted by Crippen LogP contribution is -2.48. The normalized spacial score (nSPS) is 23.0. The Kier molecular flexibility index (Phi) is 6.01. The number of rotatable bonds is 4. The van der Waals surface area contributed by atoms with Gasteiger partial charge in [-0.3, -0.25) is 4.90 Å². The maximum absolute atomic E-state index is 12.9. The molecule has 2 atom stereocenters. The lowest BCUT2D eigenvalue weighted by Gasteiger charge is -2.38. The molecule has 1 aliphatic rings. The third kappa shape index (κ3) is 5.08. The van der Waals surface area contributed by atoms with Crippen LogP contribution in [0, 0.1) is 0 Å². The summed E-state index contributed by atoms with van der Waals surface area (Å²) in [4.78, 5) is 1.81. The minimum absolute atomic E-state index is 0.00274. The van der Waals surface area contributed by atoms with Crippen molar-refractivity contribution in [2.24, 2.45) is 5.73 Å². The van der Waals surface area contributed by atoms with E-state index in [9.17, 15) is 26.3 Å². The standard InChI is InChI=1S/C16H20F6N2O/c1-25-14-2-3-24(13(7-14)8-23)9-10-4-11(15(17,18)19)6-12(5-10)16(20,21)22/h4-6,13-14H,2-3,7-9,23H2,1H3. The van der Waals surface area contributed by atoms with E-state index < -0.39 is 23.5 Å². The summed E-state index contributed by atoms with van der Waals surface area (Å²) in [6.45, 7) is 0.730. The highest BCUT2D eigenvalue weighted by Crippen LogP contribution is 2.36. The summed E-state index contributed by atoms with van der Waals surface area (Å²) in [6, 6.07) is 1.53. The van der Waals surface area contributed by atoms with Gasteiger partial charge in [-0.05, 0) is 36.6 Å². The minimum Gasteiger partial charge on any atom is -0.381 e. The van der Waals surface area contributed by atoms with Crippen molar-refractivity contribution in [2.45, 2.75) is 43.9 Å². The molecule has 2 N–H and O–H groups in total. The highest BCUT2D eigenvalue weighted by molar-refractivity contribution is 5.33. The zero-order valence-corrected chi connectivity index (χ0v) is 13.6. The van der Waals surface area contributed by atoms with E-state index in [2.05, 4.69) is 0 Å². The van der Waals surface area contributed by atoms with Crippen molar-refractivity contribution in [3.8, 4) is 0 Å². The number of nitrogens with two attached hydrogens (primary N) is 1. The highest BCUT2D eigenvalue weighted by atomic mass is 19.4. The smallest absolute Gasteiger partial charge is 0.381 e. The Morgan fingerprint density at radius 2 is 1.64 bits per heavy atom. The van der Waals surface area contributed by atoms with Crippen LogP contribution in [0.4, 0.5) is 26.3 Å². The summed E-state index contributed by atoms with van der Waals surface area (Å²) >= 11 is 0. The molecule has 0 aliphatic carbocycles. The number of hydrogen-bond acceptors (Lipinski definition) is 3. The van der Waals surface area contributed by atoms with Gasteiger partial charge in [0.1, 0.15) is 0 Å². The molecule has 0 bridgehead atoms. The van der Waals surface area contributed by atoms with Crippen LogP contribution in [0.25, 0.3) is 0 Å². The van der Waals surface area contributed by atoms with Gasteiger partial charge in [0.15, 0.2) is 0 Å². The average Bonchev–Trinajstić information content (AvgIpc) is 2.53. The van der Waals surface area contributed by atoms with Crippen molar-refractivity contribution in [2.75, 3.05) is 20.2 Å². The molecule has 1 aliphatic heterocycles. The third-order valence-corrected chi connectivity index (χ3v) is 4.43. The van der Waals surface area contributed by atoms with E-state index in [4.69, 9.17) is 10.5 Å². The molecule has 1 aromatic carbocycles. The van der Waals surface area contributed by atoms with Crippen LogP contribution in [-0.4, -0.2) is 37.2 Å². The molecule has 1 saturated heterocycles. The summed E-state index contributed by atoms with van der Waals surface area (Å²) in [5.41, 5.74) is 3.08. The average molecular weight is 370 g/mol. The molecule has 1 heterocycles. The zero-order valence-electron chi connectivity index (χ0n) is 13.6. The Morgan fingerprint density at radius 1 is 1.08 bits per heavy atom. The summed E-state index contributed by atoms with van der Waals surface area (Å²) in [5.74, 6) is 0. The number of halogens is 6. The number of nitrogens with zero attached hydrogens (tertiary/aromatic N) is 1. The minimum atomic E-state index is -4.84. The van der Waals surface area contributed by atoms with E-state index in [0.717, 1.165) is 12.1 Å². The van der Waals surface area contributed by atoms with Gasteiger partial charge in [-0.1, -0.05) is 0 Å². The lowest BCUT2D eigenvalue weighted by atomic mass is 9.97. The molecule has 142 valence electrons.